The maximum absolute atomic E-state index is 13.4. The van der Waals surface area contributed by atoms with E-state index in [-0.39, 0.29) is 12.1 Å². The molecule has 0 bridgehead atoms. The van der Waals surface area contributed by atoms with Crippen LogP contribution in [0.5, 0.6) is 0 Å². The smallest absolute Gasteiger partial charge is 0.101 e. The molecule has 1 aliphatic carbocycles. The topological polar surface area (TPSA) is 24.9 Å². The Morgan fingerprint density at radius 3 is 2.61 bits per heavy atom. The number of nitrogens with zero attached hydrogens (tertiary/aromatic N) is 1. The van der Waals surface area contributed by atoms with Gasteiger partial charge in [-0.25, -0.2) is 0 Å². The molecule has 0 atom stereocenters. The van der Waals surface area contributed by atoms with Crippen molar-refractivity contribution in [3.8, 4) is 21.6 Å². The first-order valence-corrected chi connectivity index (χ1v) is 11.8. The lowest BCUT2D eigenvalue weighted by molar-refractivity contribution is 0.412. The molecule has 4 rings (SSSR count). The van der Waals surface area contributed by atoms with Crippen LogP contribution in [0.2, 0.25) is 5.02 Å². The van der Waals surface area contributed by atoms with Crippen molar-refractivity contribution in [1.29, 1.82) is 0 Å². The van der Waals surface area contributed by atoms with E-state index >= 15 is 0 Å². The number of hydrogen-bond acceptors (Lipinski definition) is 4. The molecule has 2 nitrogen and oxygen atoms in total. The number of rotatable bonds is 6. The fraction of sp³-hybridized carbons (Fsp3) is 0.318. The quantitative estimate of drug-likeness (QED) is 0.400. The van der Waals surface area contributed by atoms with E-state index in [1.54, 1.807) is 17.5 Å². The first-order chi connectivity index (χ1) is 13.6. The van der Waals surface area contributed by atoms with Gasteiger partial charge in [-0.1, -0.05) is 37.4 Å². The molecule has 0 amide bonds. The van der Waals surface area contributed by atoms with Crippen LogP contribution in [0.15, 0.2) is 48.0 Å². The number of hydrogen-bond donors (Lipinski definition) is 1. The van der Waals surface area contributed by atoms with E-state index in [4.69, 9.17) is 11.6 Å². The molecule has 0 spiro atoms. The van der Waals surface area contributed by atoms with Gasteiger partial charge < -0.3 is 4.72 Å². The van der Waals surface area contributed by atoms with Crippen molar-refractivity contribution in [2.45, 2.75) is 32.1 Å². The molecule has 1 saturated carbocycles. The number of thiophene rings is 1. The summed E-state index contributed by atoms with van der Waals surface area (Å²) >= 11 is 9.67. The predicted molar refractivity (Wildman–Crippen MR) is 123 cm³/mol. The molecular weight excluding hydrogens is 411 g/mol. The zero-order valence-electron chi connectivity index (χ0n) is 16.3. The molecule has 0 unspecified atom stereocenters. The van der Waals surface area contributed by atoms with Gasteiger partial charge in [0.1, 0.15) is 6.67 Å². The summed E-state index contributed by atoms with van der Waals surface area (Å²) < 4.78 is 16.5. The standard InChI is InChI=1S/C20H18ClFN2S2.C2H6/c1-25-24-15-2-3-16(17(21)10-15)18-8-14(11-26-18)13-4-7-23-19(9-13)20(12-22)5-6-20;1-2/h2-4,7-11,24H,5-6,12H2,1H3;1-2H3. The van der Waals surface area contributed by atoms with Crippen LogP contribution in [0.1, 0.15) is 32.4 Å². The SMILES string of the molecule is CC.CSNc1ccc(-c2cc(-c3ccnc(C4(CF)CC4)c3)cs2)c(Cl)c1. The van der Waals surface area contributed by atoms with Gasteiger partial charge in [-0.2, -0.15) is 0 Å². The summed E-state index contributed by atoms with van der Waals surface area (Å²) in [7, 11) is 0. The highest BCUT2D eigenvalue weighted by molar-refractivity contribution is 7.99. The van der Waals surface area contributed by atoms with E-state index in [1.807, 2.05) is 50.4 Å². The fourth-order valence-electron chi connectivity index (χ4n) is 3.03. The van der Waals surface area contributed by atoms with Gasteiger partial charge in [0.2, 0.25) is 0 Å². The number of halogens is 2. The zero-order valence-corrected chi connectivity index (χ0v) is 18.6. The molecule has 0 saturated heterocycles. The molecule has 0 aliphatic heterocycles. The summed E-state index contributed by atoms with van der Waals surface area (Å²) in [5.41, 5.74) is 4.74. The Balaban J connectivity index is 0.00000109. The summed E-state index contributed by atoms with van der Waals surface area (Å²) in [4.78, 5) is 5.53. The lowest BCUT2D eigenvalue weighted by Gasteiger charge is -2.10. The van der Waals surface area contributed by atoms with Crippen LogP contribution in [-0.2, 0) is 5.41 Å². The third kappa shape index (κ3) is 4.37. The molecule has 2 aromatic heterocycles. The van der Waals surface area contributed by atoms with E-state index < -0.39 is 0 Å². The van der Waals surface area contributed by atoms with E-state index in [9.17, 15) is 4.39 Å². The highest BCUT2D eigenvalue weighted by Crippen LogP contribution is 2.48. The summed E-state index contributed by atoms with van der Waals surface area (Å²) in [6.07, 6.45) is 5.54. The Morgan fingerprint density at radius 1 is 1.18 bits per heavy atom. The number of alkyl halides is 1. The van der Waals surface area contributed by atoms with Crippen molar-refractivity contribution in [3.05, 3.63) is 58.7 Å². The van der Waals surface area contributed by atoms with Crippen LogP contribution in [0.3, 0.4) is 0 Å². The first-order valence-electron chi connectivity index (χ1n) is 9.35. The van der Waals surface area contributed by atoms with Crippen LogP contribution >= 0.6 is 34.9 Å². The average molecular weight is 435 g/mol. The molecule has 1 aromatic carbocycles. The maximum atomic E-state index is 13.4. The molecule has 0 radical (unpaired) electrons. The van der Waals surface area contributed by atoms with Gasteiger partial charge in [0.15, 0.2) is 0 Å². The summed E-state index contributed by atoms with van der Waals surface area (Å²) in [6.45, 7) is 3.67. The molecular formula is C22H24ClFN2S2. The number of benzene rings is 1. The minimum atomic E-state index is -0.335. The van der Waals surface area contributed by atoms with E-state index in [2.05, 4.69) is 21.2 Å². The predicted octanol–water partition coefficient (Wildman–Crippen LogP) is 7.85. The second-order valence-electron chi connectivity index (χ2n) is 6.54. The van der Waals surface area contributed by atoms with Gasteiger partial charge >= 0.3 is 0 Å². The third-order valence-electron chi connectivity index (χ3n) is 4.80. The van der Waals surface area contributed by atoms with Crippen LogP contribution in [-0.4, -0.2) is 17.9 Å². The second-order valence-corrected chi connectivity index (χ2v) is 8.47. The third-order valence-corrected chi connectivity index (χ3v) is 6.52. The normalized spacial score (nSPS) is 14.2. The van der Waals surface area contributed by atoms with Crippen molar-refractivity contribution in [3.63, 3.8) is 0 Å². The van der Waals surface area contributed by atoms with Crippen molar-refractivity contribution in [2.75, 3.05) is 17.7 Å². The Labute approximate surface area is 179 Å². The number of anilines is 1. The summed E-state index contributed by atoms with van der Waals surface area (Å²) in [5, 5.41) is 2.84. The largest absolute Gasteiger partial charge is 0.330 e. The molecule has 6 heteroatoms. The number of nitrogens with one attached hydrogen (secondary N) is 1. The van der Waals surface area contributed by atoms with Crippen LogP contribution in [0.25, 0.3) is 21.6 Å². The van der Waals surface area contributed by atoms with Gasteiger partial charge in [-0.3, -0.25) is 9.37 Å². The summed E-state index contributed by atoms with van der Waals surface area (Å²) in [6, 6.07) is 12.2. The van der Waals surface area contributed by atoms with Gasteiger partial charge in [-0.15, -0.1) is 11.3 Å². The lowest BCUT2D eigenvalue weighted by Crippen LogP contribution is -2.10. The Kier molecular flexibility index (Phi) is 7.02. The van der Waals surface area contributed by atoms with Crippen LogP contribution in [0.4, 0.5) is 10.1 Å². The fourth-order valence-corrected chi connectivity index (χ4v) is 4.69. The molecule has 3 aromatic rings. The monoisotopic (exact) mass is 434 g/mol. The van der Waals surface area contributed by atoms with E-state index in [0.29, 0.717) is 0 Å². The van der Waals surface area contributed by atoms with Gasteiger partial charge in [-0.05, 0) is 65.7 Å². The minimum absolute atomic E-state index is 0.329. The van der Waals surface area contributed by atoms with Crippen LogP contribution < -0.4 is 4.72 Å². The molecule has 148 valence electrons. The minimum Gasteiger partial charge on any atom is -0.330 e. The van der Waals surface area contributed by atoms with E-state index in [1.165, 1.54) is 11.9 Å². The highest BCUT2D eigenvalue weighted by atomic mass is 35.5. The molecule has 1 aliphatic rings. The molecule has 1 fully saturated rings. The maximum Gasteiger partial charge on any atom is 0.101 e. The molecule has 2 heterocycles. The van der Waals surface area contributed by atoms with Gasteiger partial charge in [0.05, 0.1) is 5.02 Å². The van der Waals surface area contributed by atoms with Crippen molar-refractivity contribution < 1.29 is 4.39 Å². The summed E-state index contributed by atoms with van der Waals surface area (Å²) in [5.74, 6) is 0. The highest BCUT2D eigenvalue weighted by Gasteiger charge is 2.45. The Hall–Kier alpha value is -1.56. The van der Waals surface area contributed by atoms with Crippen LogP contribution in [0, 0.1) is 0 Å². The number of pyridine rings is 1. The molecule has 28 heavy (non-hydrogen) atoms. The second kappa shape index (κ2) is 9.29. The lowest BCUT2D eigenvalue weighted by atomic mass is 10.00. The molecule has 1 N–H and O–H groups in total. The zero-order chi connectivity index (χ0) is 20.1. The Bertz CT molecular complexity index is 938. The first kappa shape index (κ1) is 21.2. The van der Waals surface area contributed by atoms with Gasteiger partial charge in [0, 0.05) is 39.7 Å². The van der Waals surface area contributed by atoms with E-state index in [0.717, 1.165) is 50.8 Å². The van der Waals surface area contributed by atoms with Crippen molar-refractivity contribution >= 4 is 40.6 Å². The average Bonchev–Trinajstić information content (AvgIpc) is 3.39. The number of aromatic nitrogens is 1. The Morgan fingerprint density at radius 2 is 1.96 bits per heavy atom. The van der Waals surface area contributed by atoms with Gasteiger partial charge in [0.25, 0.3) is 0 Å². The van der Waals surface area contributed by atoms with Crippen molar-refractivity contribution in [2.24, 2.45) is 0 Å². The van der Waals surface area contributed by atoms with Crippen molar-refractivity contribution in [1.82, 2.24) is 4.98 Å².